The Morgan fingerprint density at radius 1 is 0.250 bits per heavy atom. The summed E-state index contributed by atoms with van der Waals surface area (Å²) in [4.78, 5) is 35.7. The monoisotopic (exact) mass is 3910 g/mol. The predicted molar refractivity (Wildman–Crippen MR) is 416 cm³/mol. The van der Waals surface area contributed by atoms with Gasteiger partial charge < -0.3 is 81.7 Å². The van der Waals surface area contributed by atoms with E-state index in [0.717, 1.165) is 36.9 Å². The average molecular weight is 3920 g/mol. The van der Waals surface area contributed by atoms with E-state index in [1.54, 1.807) is 32.0 Å². The molecule has 0 fully saturated rings. The van der Waals surface area contributed by atoms with Crippen molar-refractivity contribution in [2.75, 3.05) is 0 Å². The summed E-state index contributed by atoms with van der Waals surface area (Å²) in [5.41, 5.74) is -6.67. The molecule has 0 bridgehead atoms. The number of hydrogen-bond acceptors (Lipinski definition) is 11. The Balaban J connectivity index is -0.0000000497. The van der Waals surface area contributed by atoms with E-state index >= 15 is 0 Å². The van der Waals surface area contributed by atoms with Crippen LogP contribution in [0.5, 0.6) is 0 Å². The minimum Gasteiger partial charge on any atom is -0.358 e. The molecule has 0 amide bonds. The molecule has 58 heteroatoms. The molecule has 11 heterocycles. The summed E-state index contributed by atoms with van der Waals surface area (Å²) >= 11 is 43.9. The number of rotatable bonds is 0. The van der Waals surface area contributed by atoms with Gasteiger partial charge in [-0.15, -0.1) is 0 Å². The smallest absolute Gasteiger partial charge is 0.358 e. The van der Waals surface area contributed by atoms with Crippen molar-refractivity contribution in [2.45, 2.75) is 50.9 Å². The first-order valence-electron chi connectivity index (χ1n) is 27.5. The zero-order chi connectivity index (χ0) is 84.3. The minimum atomic E-state index is -4.75. The van der Waals surface area contributed by atoms with Crippen LogP contribution >= 0.6 is 92.8 Å². The fourth-order valence-electron chi connectivity index (χ4n) is 5.84. The van der Waals surface area contributed by atoms with Crippen LogP contribution in [0.15, 0.2) is 177 Å². The van der Waals surface area contributed by atoms with Gasteiger partial charge in [0.1, 0.15) is 66.1 Å². The Kier molecular flexibility index (Phi) is 131. The average Bonchev–Trinajstić information content (AvgIpc) is 0.871. The molecule has 0 aromatic carbocycles. The number of alkyl halides is 18. The maximum Gasteiger partial charge on any atom is 0.420 e. The Morgan fingerprint density at radius 3 is 0.735 bits per heavy atom. The third kappa shape index (κ3) is 84.8. The molecule has 0 unspecified atom stereocenters. The Labute approximate surface area is 959 Å². The molecule has 0 aliphatic carbocycles. The zero-order valence-electron chi connectivity index (χ0n) is 69.2. The number of aromatic nitrogens is 11. The number of pyridine rings is 11. The van der Waals surface area contributed by atoms with E-state index in [0.29, 0.717) is 83.6 Å². The largest absolute Gasteiger partial charge is 0.420 e. The summed E-state index contributed by atoms with van der Waals surface area (Å²) in [6, 6.07) is 18.6. The maximum absolute atomic E-state index is 12.3. The summed E-state index contributed by atoms with van der Waals surface area (Å²) in [5.74, 6) is -12.0. The maximum atomic E-state index is 12.3. The molecule has 11 aromatic rings. The second-order valence-corrected chi connectivity index (χ2v) is 22.0. The van der Waals surface area contributed by atoms with E-state index in [4.69, 9.17) is 92.8 Å². The molecule has 0 atom stereocenters. The second-order valence-electron chi connectivity index (χ2n) is 18.8. The van der Waals surface area contributed by atoms with Crippen molar-refractivity contribution in [2.24, 2.45) is 0 Å². The third-order valence-corrected chi connectivity index (χ3v) is 12.3. The molecule has 11 nitrogen and oxygen atoms in total. The standard InChI is InChI=1S/2C6H2F5N.4C6H3F4N.2C6H6FN.2C5H2Cl3N.C5H3Cl2N.11CH3.11Ta/c2*7-4-1-3(6(9,10)11)2-5(8)12-4;2*7-5-1-2-11-3-4(5)6(8,9)10;2*7-5-4(6(8,9)10)2-1-3-11-5;2*1-5-4-6(7)2-3-8-5;6-3-1-4(7)5(8)9-2-3;6-3-1-4(7)9-5(8)2-3;6-4-1-2-5(7)8-3-4;;;;;;;;;;;;;;;;;;;;;;/h2*1-2H;4*1-3H;2*2-4H,1H3;2*1-2H;1-3H;11*1H3;;;;;;;;;;;/q;;;;;;;;;;;11*-1;;;;;;;;;;;. The molecular formula is C74H68Cl8F28N11Ta11-11. The van der Waals surface area contributed by atoms with Crippen LogP contribution in [0.1, 0.15) is 44.8 Å². The van der Waals surface area contributed by atoms with Crippen molar-refractivity contribution in [3.8, 4) is 0 Å². The van der Waals surface area contributed by atoms with Crippen LogP contribution in [-0.2, 0) is 283 Å². The zero-order valence-corrected chi connectivity index (χ0v) is 111. The van der Waals surface area contributed by atoms with Crippen molar-refractivity contribution < 1.29 is 369 Å². The number of halogens is 36. The van der Waals surface area contributed by atoms with E-state index in [2.05, 4.69) is 54.8 Å². The van der Waals surface area contributed by atoms with Gasteiger partial charge in [0.2, 0.25) is 35.7 Å². The van der Waals surface area contributed by atoms with E-state index in [1.165, 1.54) is 61.2 Å². The van der Waals surface area contributed by atoms with Gasteiger partial charge in [-0.2, -0.15) is 115 Å². The number of hydrogen-bond donors (Lipinski definition) is 0. The third-order valence-electron chi connectivity index (χ3n) is 10.4. The van der Waals surface area contributed by atoms with Gasteiger partial charge in [-0.3, -0.25) is 19.9 Å². The second kappa shape index (κ2) is 92.6. The van der Waals surface area contributed by atoms with Gasteiger partial charge in [0, 0.05) is 349 Å². The van der Waals surface area contributed by atoms with E-state index < -0.39 is 118 Å². The normalized spacial score (nSPS) is 9.02. The number of aryl methyl sites for hydroxylation is 2. The summed E-state index contributed by atoms with van der Waals surface area (Å²) < 4.78 is 334. The quantitative estimate of drug-likeness (QED) is 0.0813. The fourth-order valence-corrected chi connectivity index (χ4v) is 7.32. The van der Waals surface area contributed by atoms with Gasteiger partial charge in [0.25, 0.3) is 0 Å². The summed E-state index contributed by atoms with van der Waals surface area (Å²) in [7, 11) is 0. The van der Waals surface area contributed by atoms with E-state index in [-0.39, 0.29) is 369 Å². The van der Waals surface area contributed by atoms with Gasteiger partial charge in [0.05, 0.1) is 26.2 Å². The van der Waals surface area contributed by atoms with Crippen LogP contribution in [0.4, 0.5) is 123 Å². The molecular weight excluding hydrogens is 3850 g/mol. The topological polar surface area (TPSA) is 142 Å². The predicted octanol–water partition coefficient (Wildman–Crippen LogP) is 30.2. The number of nitrogens with zero attached hydrogens (tertiary/aromatic N) is 11. The summed E-state index contributed by atoms with van der Waals surface area (Å²) in [6.45, 7) is 3.51. The van der Waals surface area contributed by atoms with Crippen LogP contribution in [0.2, 0.25) is 40.7 Å². The van der Waals surface area contributed by atoms with Crippen molar-refractivity contribution in [1.82, 2.24) is 54.8 Å². The fraction of sp³-hybridized carbons (Fsp3) is 0.108. The first-order chi connectivity index (χ1) is 50.6. The van der Waals surface area contributed by atoms with Crippen LogP contribution in [0.3, 0.4) is 0 Å². The van der Waals surface area contributed by atoms with E-state index in [1.807, 2.05) is 0 Å². The van der Waals surface area contributed by atoms with Gasteiger partial charge in [-0.25, -0.2) is 42.5 Å². The first kappa shape index (κ1) is 186. The van der Waals surface area contributed by atoms with Gasteiger partial charge in [-0.05, 0) is 105 Å². The van der Waals surface area contributed by atoms with Crippen molar-refractivity contribution in [3.05, 3.63) is 403 Å². The molecule has 0 aliphatic rings. The molecule has 0 N–H and O–H groups in total. The summed E-state index contributed by atoms with van der Waals surface area (Å²) in [5, 5.41) is 3.35. The molecule has 0 saturated heterocycles. The van der Waals surface area contributed by atoms with Crippen LogP contribution in [-0.4, -0.2) is 54.8 Å². The summed E-state index contributed by atoms with van der Waals surface area (Å²) in [6.07, 6.45) is -17.5. The van der Waals surface area contributed by atoms with Crippen LogP contribution < -0.4 is 0 Å². The molecule has 0 saturated carbocycles. The Hall–Kier alpha value is -0.847. The molecule has 737 valence electrons. The van der Waals surface area contributed by atoms with Crippen molar-refractivity contribution in [3.63, 3.8) is 0 Å². The molecule has 0 aliphatic heterocycles. The Morgan fingerprint density at radius 2 is 0.545 bits per heavy atom. The van der Waals surface area contributed by atoms with Gasteiger partial charge >= 0.3 is 37.1 Å². The molecule has 11 rings (SSSR count). The molecule has 0 spiro atoms. The van der Waals surface area contributed by atoms with Crippen LogP contribution in [0, 0.1) is 154 Å². The first-order valence-corrected chi connectivity index (χ1v) is 30.5. The SMILES string of the molecule is Cc1cc(F)ccn1.Cc1cc(F)ccn1.Clc1cc(Cl)nc(Cl)c1.Clc1ccc(Cl)nc1.Clc1cnc(Cl)c(Cl)c1.Fc1cc(C(F)(F)F)cc(F)n1.Fc1cc(C(F)(F)F)cc(F)n1.Fc1ccncc1C(F)(F)F.Fc1ccncc1C(F)(F)F.Fc1ncccc1C(F)(F)F.Fc1ncccc1C(F)(F)F.[CH3-].[CH3-].[CH3-].[CH3-].[CH3-].[CH3-].[CH3-].[CH3-].[CH3-].[CH3-].[CH3-].[Ta].[Ta].[Ta].[Ta].[Ta].[Ta].[Ta].[Ta].[Ta].[Ta].[Ta]. The van der Waals surface area contributed by atoms with Gasteiger partial charge in [-0.1, -0.05) is 92.8 Å². The molecule has 11 radical (unpaired) electrons. The Bertz CT molecular complexity index is 4190. The molecule has 132 heavy (non-hydrogen) atoms. The minimum absolute atomic E-state index is 0. The van der Waals surface area contributed by atoms with Crippen LogP contribution in [0.25, 0.3) is 0 Å². The van der Waals surface area contributed by atoms with Crippen molar-refractivity contribution in [1.29, 1.82) is 0 Å². The molecule has 11 aromatic heterocycles. The van der Waals surface area contributed by atoms with Gasteiger partial charge in [0.15, 0.2) is 0 Å². The van der Waals surface area contributed by atoms with E-state index in [9.17, 15) is 123 Å². The van der Waals surface area contributed by atoms with Crippen molar-refractivity contribution >= 4 is 92.8 Å².